The minimum absolute atomic E-state index is 0.175. The number of thiophene rings is 1. The number of amides is 1. The molecule has 0 fully saturated rings. The second-order valence-corrected chi connectivity index (χ2v) is 4.79. The van der Waals surface area contributed by atoms with Crippen LogP contribution in [0.15, 0.2) is 41.8 Å². The Morgan fingerprint density at radius 1 is 1.22 bits per heavy atom. The van der Waals surface area contributed by atoms with Crippen LogP contribution in [-0.2, 0) is 0 Å². The number of rotatable bonds is 2. The first-order valence-electron chi connectivity index (χ1n) is 5.10. The number of carbonyl (C=O) groups excluding carboxylic acids is 1. The van der Waals surface area contributed by atoms with Crippen LogP contribution in [0.25, 0.3) is 0 Å². The summed E-state index contributed by atoms with van der Waals surface area (Å²) in [5.74, 6) is -0.0598. The average Bonchev–Trinajstić information content (AvgIpc) is 2.85. The van der Waals surface area contributed by atoms with Crippen LogP contribution in [-0.4, -0.2) is 16.1 Å². The number of aromatic hydroxyl groups is 1. The summed E-state index contributed by atoms with van der Waals surface area (Å²) in [4.78, 5) is 12.3. The molecule has 1 amide bonds. The lowest BCUT2D eigenvalue weighted by Crippen LogP contribution is -2.33. The lowest BCUT2D eigenvalue weighted by atomic mass is 10.3. The first-order chi connectivity index (χ1) is 8.65. The van der Waals surface area contributed by atoms with Gasteiger partial charge < -0.3 is 10.4 Å². The van der Waals surface area contributed by atoms with Crippen LogP contribution in [0.5, 0.6) is 5.75 Å². The zero-order valence-electron chi connectivity index (χ0n) is 9.21. The summed E-state index contributed by atoms with van der Waals surface area (Å²) in [5.41, 5.74) is 0.698. The maximum atomic E-state index is 11.7. The van der Waals surface area contributed by atoms with E-state index < -0.39 is 0 Å². The minimum atomic E-state index is -0.235. The SMILES string of the molecule is O=C(NC(=S)Nc1ccc(O)cc1)c1cccs1. The van der Waals surface area contributed by atoms with E-state index in [2.05, 4.69) is 10.6 Å². The summed E-state index contributed by atoms with van der Waals surface area (Å²) >= 11 is 6.37. The Hall–Kier alpha value is -1.92. The molecule has 0 unspecified atom stereocenters. The number of hydrogen-bond donors (Lipinski definition) is 3. The molecular formula is C12H10N2O2S2. The first kappa shape index (κ1) is 12.5. The smallest absolute Gasteiger partial charge is 0.267 e. The van der Waals surface area contributed by atoms with Crippen molar-refractivity contribution in [1.29, 1.82) is 0 Å². The molecule has 0 aliphatic carbocycles. The van der Waals surface area contributed by atoms with Gasteiger partial charge >= 0.3 is 0 Å². The van der Waals surface area contributed by atoms with Gasteiger partial charge in [0.2, 0.25) is 0 Å². The summed E-state index contributed by atoms with van der Waals surface area (Å²) in [6.07, 6.45) is 0. The van der Waals surface area contributed by atoms with E-state index in [1.807, 2.05) is 5.38 Å². The normalized spacial score (nSPS) is 9.78. The van der Waals surface area contributed by atoms with E-state index in [1.165, 1.54) is 23.5 Å². The highest BCUT2D eigenvalue weighted by atomic mass is 32.1. The number of phenolic OH excluding ortho intramolecular Hbond substituents is 1. The molecule has 1 aromatic heterocycles. The predicted molar refractivity (Wildman–Crippen MR) is 76.1 cm³/mol. The van der Waals surface area contributed by atoms with E-state index in [1.54, 1.807) is 24.3 Å². The van der Waals surface area contributed by atoms with Crippen LogP contribution in [0, 0.1) is 0 Å². The van der Waals surface area contributed by atoms with Crippen molar-refractivity contribution in [1.82, 2.24) is 5.32 Å². The summed E-state index contributed by atoms with van der Waals surface area (Å²) in [6, 6.07) is 9.93. The van der Waals surface area contributed by atoms with Gasteiger partial charge in [0.1, 0.15) is 5.75 Å². The van der Waals surface area contributed by atoms with Crippen LogP contribution < -0.4 is 10.6 Å². The molecule has 0 saturated heterocycles. The summed E-state index contributed by atoms with van der Waals surface area (Å²) in [5, 5.41) is 16.6. The lowest BCUT2D eigenvalue weighted by molar-refractivity contribution is 0.0981. The van der Waals surface area contributed by atoms with E-state index in [-0.39, 0.29) is 16.8 Å². The molecule has 18 heavy (non-hydrogen) atoms. The Morgan fingerprint density at radius 3 is 2.56 bits per heavy atom. The van der Waals surface area contributed by atoms with Crippen LogP contribution in [0.3, 0.4) is 0 Å². The highest BCUT2D eigenvalue weighted by Gasteiger charge is 2.08. The third kappa shape index (κ3) is 3.28. The molecule has 0 saturated carbocycles. The van der Waals surface area contributed by atoms with Gasteiger partial charge in [0.25, 0.3) is 5.91 Å². The fraction of sp³-hybridized carbons (Fsp3) is 0. The Kier molecular flexibility index (Phi) is 3.91. The molecule has 2 rings (SSSR count). The van der Waals surface area contributed by atoms with Gasteiger partial charge in [-0.3, -0.25) is 10.1 Å². The molecule has 6 heteroatoms. The summed E-state index contributed by atoms with van der Waals surface area (Å²) in [6.45, 7) is 0. The van der Waals surface area contributed by atoms with Crippen molar-refractivity contribution in [3.8, 4) is 5.75 Å². The zero-order valence-corrected chi connectivity index (χ0v) is 10.8. The monoisotopic (exact) mass is 278 g/mol. The van der Waals surface area contributed by atoms with Crippen molar-refractivity contribution in [2.45, 2.75) is 0 Å². The van der Waals surface area contributed by atoms with Crippen LogP contribution in [0.1, 0.15) is 9.67 Å². The van der Waals surface area contributed by atoms with Crippen molar-refractivity contribution in [3.63, 3.8) is 0 Å². The Balaban J connectivity index is 1.93. The Labute approximate surface area is 113 Å². The Bertz CT molecular complexity index is 550. The second kappa shape index (κ2) is 5.61. The number of nitrogens with one attached hydrogen (secondary N) is 2. The molecule has 0 aliphatic rings. The topological polar surface area (TPSA) is 61.4 Å². The van der Waals surface area contributed by atoms with E-state index >= 15 is 0 Å². The molecular weight excluding hydrogens is 268 g/mol. The fourth-order valence-corrected chi connectivity index (χ4v) is 2.11. The van der Waals surface area contributed by atoms with E-state index in [4.69, 9.17) is 17.3 Å². The van der Waals surface area contributed by atoms with Gasteiger partial charge in [-0.25, -0.2) is 0 Å². The van der Waals surface area contributed by atoms with E-state index in [0.29, 0.717) is 10.6 Å². The molecule has 92 valence electrons. The van der Waals surface area contributed by atoms with Gasteiger partial charge in [-0.1, -0.05) is 6.07 Å². The molecule has 1 aromatic carbocycles. The summed E-state index contributed by atoms with van der Waals surface area (Å²) < 4.78 is 0. The average molecular weight is 278 g/mol. The third-order valence-electron chi connectivity index (χ3n) is 2.10. The van der Waals surface area contributed by atoms with Crippen molar-refractivity contribution in [2.24, 2.45) is 0 Å². The molecule has 0 spiro atoms. The number of benzene rings is 1. The number of phenols is 1. The van der Waals surface area contributed by atoms with Gasteiger partial charge in [-0.05, 0) is 47.9 Å². The van der Waals surface area contributed by atoms with Crippen LogP contribution in [0.4, 0.5) is 5.69 Å². The lowest BCUT2D eigenvalue weighted by Gasteiger charge is -2.08. The minimum Gasteiger partial charge on any atom is -0.508 e. The standard InChI is InChI=1S/C12H10N2O2S2/c15-9-5-3-8(4-6-9)13-12(17)14-11(16)10-2-1-7-18-10/h1-7,15H,(H2,13,14,16,17). The highest BCUT2D eigenvalue weighted by Crippen LogP contribution is 2.13. The molecule has 0 radical (unpaired) electrons. The third-order valence-corrected chi connectivity index (χ3v) is 3.17. The van der Waals surface area contributed by atoms with Crippen molar-refractivity contribution >= 4 is 40.3 Å². The first-order valence-corrected chi connectivity index (χ1v) is 6.39. The maximum Gasteiger partial charge on any atom is 0.267 e. The molecule has 0 atom stereocenters. The molecule has 4 nitrogen and oxygen atoms in total. The van der Waals surface area contributed by atoms with Crippen molar-refractivity contribution in [3.05, 3.63) is 46.7 Å². The van der Waals surface area contributed by atoms with Gasteiger partial charge in [-0.15, -0.1) is 11.3 Å². The Morgan fingerprint density at radius 2 is 1.94 bits per heavy atom. The van der Waals surface area contributed by atoms with Gasteiger partial charge in [0.15, 0.2) is 5.11 Å². The summed E-state index contributed by atoms with van der Waals surface area (Å²) in [7, 11) is 0. The molecule has 0 bridgehead atoms. The predicted octanol–water partition coefficient (Wildman–Crippen LogP) is 2.58. The van der Waals surface area contributed by atoms with Crippen molar-refractivity contribution < 1.29 is 9.90 Å². The van der Waals surface area contributed by atoms with Gasteiger partial charge in [-0.2, -0.15) is 0 Å². The quantitative estimate of drug-likeness (QED) is 0.583. The largest absolute Gasteiger partial charge is 0.508 e. The van der Waals surface area contributed by atoms with Crippen molar-refractivity contribution in [2.75, 3.05) is 5.32 Å². The number of thiocarbonyl (C=S) groups is 1. The molecule has 3 N–H and O–H groups in total. The maximum absolute atomic E-state index is 11.7. The number of carbonyl (C=O) groups is 1. The highest BCUT2D eigenvalue weighted by molar-refractivity contribution is 7.80. The molecule has 1 heterocycles. The second-order valence-electron chi connectivity index (χ2n) is 3.43. The van der Waals surface area contributed by atoms with Crippen LogP contribution >= 0.6 is 23.6 Å². The van der Waals surface area contributed by atoms with E-state index in [9.17, 15) is 4.79 Å². The fourth-order valence-electron chi connectivity index (χ4n) is 1.28. The number of hydrogen-bond acceptors (Lipinski definition) is 4. The van der Waals surface area contributed by atoms with Crippen LogP contribution in [0.2, 0.25) is 0 Å². The zero-order chi connectivity index (χ0) is 13.0. The van der Waals surface area contributed by atoms with Gasteiger partial charge in [0.05, 0.1) is 4.88 Å². The molecule has 0 aliphatic heterocycles. The van der Waals surface area contributed by atoms with E-state index in [0.717, 1.165) is 0 Å². The van der Waals surface area contributed by atoms with Gasteiger partial charge in [0, 0.05) is 5.69 Å². The number of anilines is 1. The molecule has 2 aromatic rings.